The van der Waals surface area contributed by atoms with E-state index < -0.39 is 16.9 Å². The number of carbonyl (C=O) groups is 1. The van der Waals surface area contributed by atoms with E-state index in [4.69, 9.17) is 33.1 Å². The normalized spacial score (nSPS) is 15.0. The summed E-state index contributed by atoms with van der Waals surface area (Å²) in [5.41, 5.74) is 0.149. The molecular formula is C19H20Cl2F3N5O3. The first-order chi connectivity index (χ1) is 15.1. The Hall–Kier alpha value is -2.66. The van der Waals surface area contributed by atoms with Gasteiger partial charge in [-0.1, -0.05) is 28.4 Å². The molecule has 0 unspecified atom stereocenters. The molecule has 1 aliphatic heterocycles. The second-order valence-corrected chi connectivity index (χ2v) is 7.85. The monoisotopic (exact) mass is 493 g/mol. The quantitative estimate of drug-likeness (QED) is 0.390. The van der Waals surface area contributed by atoms with Crippen molar-refractivity contribution in [2.24, 2.45) is 5.16 Å². The summed E-state index contributed by atoms with van der Waals surface area (Å²) in [6, 6.07) is 3.32. The molecule has 1 fully saturated rings. The first-order valence-electron chi connectivity index (χ1n) is 9.44. The smallest absolute Gasteiger partial charge is 0.436 e. The molecule has 0 radical (unpaired) electrons. The van der Waals surface area contributed by atoms with E-state index in [1.807, 2.05) is 4.90 Å². The third kappa shape index (κ3) is 4.88. The number of hydrogen-bond acceptors (Lipinski definition) is 6. The van der Waals surface area contributed by atoms with Gasteiger partial charge in [-0.25, -0.2) is 0 Å². The van der Waals surface area contributed by atoms with Crippen molar-refractivity contribution in [1.82, 2.24) is 14.7 Å². The molecule has 0 saturated carbocycles. The lowest BCUT2D eigenvalue weighted by molar-refractivity contribution is -0.142. The molecular weight excluding hydrogens is 474 g/mol. The van der Waals surface area contributed by atoms with Gasteiger partial charge in [0.05, 0.1) is 29.1 Å². The number of carbonyl (C=O) groups excluding carboxylic acids is 1. The van der Waals surface area contributed by atoms with Crippen LogP contribution in [0.5, 0.6) is 5.75 Å². The largest absolute Gasteiger partial charge is 0.495 e. The van der Waals surface area contributed by atoms with Crippen LogP contribution in [0.4, 0.5) is 18.9 Å². The van der Waals surface area contributed by atoms with Crippen LogP contribution in [0.1, 0.15) is 17.0 Å². The Morgan fingerprint density at radius 3 is 2.47 bits per heavy atom. The molecule has 1 aromatic carbocycles. The summed E-state index contributed by atoms with van der Waals surface area (Å²) in [5.74, 6) is 0.0771. The number of nitrogens with zero attached hydrogens (tertiary/aromatic N) is 5. The first kappa shape index (κ1) is 24.0. The topological polar surface area (TPSA) is 83.2 Å². The van der Waals surface area contributed by atoms with Crippen molar-refractivity contribution in [2.45, 2.75) is 19.6 Å². The van der Waals surface area contributed by atoms with Gasteiger partial charge < -0.3 is 19.7 Å². The molecule has 3 rings (SSSR count). The number of piperazine rings is 1. The fourth-order valence-corrected chi connectivity index (χ4v) is 3.93. The third-order valence-corrected chi connectivity index (χ3v) is 5.91. The number of alkyl halides is 3. The van der Waals surface area contributed by atoms with Gasteiger partial charge >= 0.3 is 6.18 Å². The average molecular weight is 494 g/mol. The molecule has 1 amide bonds. The van der Waals surface area contributed by atoms with Crippen LogP contribution in [0.25, 0.3) is 0 Å². The molecule has 0 bridgehead atoms. The van der Waals surface area contributed by atoms with Gasteiger partial charge in [-0.2, -0.15) is 18.3 Å². The predicted molar refractivity (Wildman–Crippen MR) is 113 cm³/mol. The second-order valence-electron chi connectivity index (χ2n) is 7.06. The molecule has 1 N–H and O–H groups in total. The number of ether oxygens (including phenoxy) is 1. The Labute approximate surface area is 191 Å². The number of rotatable bonds is 5. The third-order valence-electron chi connectivity index (χ3n) is 5.16. The van der Waals surface area contributed by atoms with Gasteiger partial charge in [0, 0.05) is 43.5 Å². The Kier molecular flexibility index (Phi) is 7.09. The molecule has 13 heteroatoms. The van der Waals surface area contributed by atoms with E-state index in [0.29, 0.717) is 48.2 Å². The average Bonchev–Trinajstić information content (AvgIpc) is 3.03. The molecule has 1 aromatic heterocycles. The second kappa shape index (κ2) is 9.45. The summed E-state index contributed by atoms with van der Waals surface area (Å²) >= 11 is 11.9. The summed E-state index contributed by atoms with van der Waals surface area (Å²) in [6.07, 6.45) is -3.45. The molecule has 0 spiro atoms. The van der Waals surface area contributed by atoms with Gasteiger partial charge in [0.1, 0.15) is 12.3 Å². The van der Waals surface area contributed by atoms with Gasteiger partial charge in [0.2, 0.25) is 5.91 Å². The maximum atomic E-state index is 13.0. The predicted octanol–water partition coefficient (Wildman–Crippen LogP) is 3.68. The molecule has 2 heterocycles. The Balaban J connectivity index is 1.71. The van der Waals surface area contributed by atoms with Crippen LogP contribution in [0.15, 0.2) is 17.3 Å². The molecule has 32 heavy (non-hydrogen) atoms. The van der Waals surface area contributed by atoms with Gasteiger partial charge in [-0.15, -0.1) is 0 Å². The minimum absolute atomic E-state index is 0.0761. The Morgan fingerprint density at radius 1 is 1.28 bits per heavy atom. The summed E-state index contributed by atoms with van der Waals surface area (Å²) in [7, 11) is 1.48. The lowest BCUT2D eigenvalue weighted by Gasteiger charge is -2.37. The Morgan fingerprint density at radius 2 is 1.94 bits per heavy atom. The summed E-state index contributed by atoms with van der Waals surface area (Å²) in [4.78, 5) is 16.2. The molecule has 174 valence electrons. The standard InChI is InChI=1S/C19H20Cl2F3N5O3/c1-11-17(21)18(19(22,23)24)26-29(11)10-16(30)28-5-3-27(4-6-28)14-8-15(32-2)13(20)7-12(14)9-25-31/h7-9,31H,3-6,10H2,1-2H3/b25-9-. The van der Waals surface area contributed by atoms with Crippen molar-refractivity contribution in [3.8, 4) is 5.75 Å². The van der Waals surface area contributed by atoms with Crippen molar-refractivity contribution >= 4 is 41.0 Å². The maximum Gasteiger partial charge on any atom is 0.436 e. The highest BCUT2D eigenvalue weighted by Gasteiger charge is 2.38. The van der Waals surface area contributed by atoms with Crippen molar-refractivity contribution in [3.05, 3.63) is 39.1 Å². The fourth-order valence-electron chi connectivity index (χ4n) is 3.44. The lowest BCUT2D eigenvalue weighted by Crippen LogP contribution is -2.50. The zero-order chi connectivity index (χ0) is 23.6. The van der Waals surface area contributed by atoms with E-state index in [1.165, 1.54) is 20.2 Å². The van der Waals surface area contributed by atoms with E-state index in [0.717, 1.165) is 4.68 Å². The van der Waals surface area contributed by atoms with E-state index in [1.54, 1.807) is 17.0 Å². The van der Waals surface area contributed by atoms with Crippen molar-refractivity contribution in [2.75, 3.05) is 38.2 Å². The van der Waals surface area contributed by atoms with E-state index in [9.17, 15) is 18.0 Å². The van der Waals surface area contributed by atoms with Crippen LogP contribution in [-0.2, 0) is 17.5 Å². The molecule has 1 saturated heterocycles. The molecule has 8 nitrogen and oxygen atoms in total. The minimum Gasteiger partial charge on any atom is -0.495 e. The van der Waals surface area contributed by atoms with Gasteiger partial charge in [0.15, 0.2) is 5.69 Å². The number of hydrogen-bond donors (Lipinski definition) is 1. The molecule has 1 aliphatic rings. The number of oxime groups is 1. The zero-order valence-electron chi connectivity index (χ0n) is 17.2. The lowest BCUT2D eigenvalue weighted by atomic mass is 10.1. The number of benzene rings is 1. The van der Waals surface area contributed by atoms with Crippen LogP contribution in [-0.4, -0.2) is 65.3 Å². The van der Waals surface area contributed by atoms with E-state index >= 15 is 0 Å². The fraction of sp³-hybridized carbons (Fsp3) is 0.421. The van der Waals surface area contributed by atoms with Crippen molar-refractivity contribution in [3.63, 3.8) is 0 Å². The van der Waals surface area contributed by atoms with E-state index in [-0.39, 0.29) is 18.1 Å². The SMILES string of the molecule is COc1cc(N2CCN(C(=O)Cn3nc(C(F)(F)F)c(Cl)c3C)CC2)c(/C=N\O)cc1Cl. The van der Waals surface area contributed by atoms with Gasteiger partial charge in [-0.3, -0.25) is 9.48 Å². The van der Waals surface area contributed by atoms with Crippen LogP contribution in [0.3, 0.4) is 0 Å². The maximum absolute atomic E-state index is 13.0. The van der Waals surface area contributed by atoms with Crippen molar-refractivity contribution < 1.29 is 27.9 Å². The molecule has 0 aliphatic carbocycles. The van der Waals surface area contributed by atoms with Crippen LogP contribution in [0.2, 0.25) is 10.0 Å². The number of anilines is 1. The minimum atomic E-state index is -4.70. The highest BCUT2D eigenvalue weighted by molar-refractivity contribution is 6.32. The first-order valence-corrected chi connectivity index (χ1v) is 10.2. The van der Waals surface area contributed by atoms with Crippen molar-refractivity contribution in [1.29, 1.82) is 0 Å². The number of aromatic nitrogens is 2. The molecule has 0 atom stereocenters. The van der Waals surface area contributed by atoms with Gasteiger partial charge in [0.25, 0.3) is 0 Å². The van der Waals surface area contributed by atoms with Crippen LogP contribution in [0, 0.1) is 6.92 Å². The van der Waals surface area contributed by atoms with Crippen LogP contribution < -0.4 is 9.64 Å². The number of halogens is 5. The van der Waals surface area contributed by atoms with Crippen LogP contribution >= 0.6 is 23.2 Å². The summed E-state index contributed by atoms with van der Waals surface area (Å²) in [6.45, 7) is 2.58. The van der Waals surface area contributed by atoms with E-state index in [2.05, 4.69) is 10.3 Å². The number of amides is 1. The zero-order valence-corrected chi connectivity index (χ0v) is 18.7. The Bertz CT molecular complexity index is 1030. The summed E-state index contributed by atoms with van der Waals surface area (Å²) in [5, 5.41) is 15.3. The van der Waals surface area contributed by atoms with Gasteiger partial charge in [-0.05, 0) is 13.0 Å². The number of methoxy groups -OCH3 is 1. The highest BCUT2D eigenvalue weighted by Crippen LogP contribution is 2.35. The summed E-state index contributed by atoms with van der Waals surface area (Å²) < 4.78 is 45.2. The molecule has 2 aromatic rings. The highest BCUT2D eigenvalue weighted by atomic mass is 35.5.